The van der Waals surface area contributed by atoms with Crippen molar-refractivity contribution in [2.24, 2.45) is 11.8 Å². The molecule has 2 aliphatic carbocycles. The maximum absolute atomic E-state index is 9.54. The van der Waals surface area contributed by atoms with Gasteiger partial charge < -0.3 is 5.11 Å². The van der Waals surface area contributed by atoms with Crippen LogP contribution >= 0.6 is 0 Å². The molecule has 0 saturated heterocycles. The quantitative estimate of drug-likeness (QED) is 0.505. The number of aliphatic hydroxyl groups is 1. The van der Waals surface area contributed by atoms with Gasteiger partial charge in [0.25, 0.3) is 0 Å². The van der Waals surface area contributed by atoms with Crippen LogP contribution in [0.4, 0.5) is 0 Å². The molecule has 3 atom stereocenters. The van der Waals surface area contributed by atoms with Crippen LogP contribution < -0.4 is 0 Å². The summed E-state index contributed by atoms with van der Waals surface area (Å²) < 4.78 is 0. The van der Waals surface area contributed by atoms with Crippen LogP contribution in [0.3, 0.4) is 0 Å². The highest BCUT2D eigenvalue weighted by molar-refractivity contribution is 5.04. The first-order valence-corrected chi connectivity index (χ1v) is 4.22. The van der Waals surface area contributed by atoms with Crippen molar-refractivity contribution >= 4 is 0 Å². The van der Waals surface area contributed by atoms with E-state index in [0.29, 0.717) is 11.8 Å². The molecule has 1 heteroatoms. The van der Waals surface area contributed by atoms with Gasteiger partial charge in [-0.15, -0.1) is 0 Å². The highest BCUT2D eigenvalue weighted by atomic mass is 16.3. The first-order chi connectivity index (χ1) is 4.88. The largest absolute Gasteiger partial charge is 0.393 e. The van der Waals surface area contributed by atoms with Gasteiger partial charge in [0.05, 0.1) is 6.10 Å². The van der Waals surface area contributed by atoms with E-state index in [9.17, 15) is 5.11 Å². The molecule has 3 unspecified atom stereocenters. The Hall–Kier alpha value is -0.300. The molecule has 56 valence electrons. The number of aliphatic hydroxyl groups excluding tert-OH is 1. The van der Waals surface area contributed by atoms with Gasteiger partial charge in [0, 0.05) is 0 Å². The Bertz CT molecular complexity index is 151. The number of hydrogen-bond acceptors (Lipinski definition) is 1. The van der Waals surface area contributed by atoms with Crippen molar-refractivity contribution in [3.63, 3.8) is 0 Å². The van der Waals surface area contributed by atoms with Crippen LogP contribution in [0.2, 0.25) is 0 Å². The van der Waals surface area contributed by atoms with Gasteiger partial charge in [-0.25, -0.2) is 0 Å². The van der Waals surface area contributed by atoms with Crippen molar-refractivity contribution in [3.05, 3.63) is 12.2 Å². The minimum absolute atomic E-state index is 0.00579. The summed E-state index contributed by atoms with van der Waals surface area (Å²) >= 11 is 0. The zero-order valence-corrected chi connectivity index (χ0v) is 6.16. The second kappa shape index (κ2) is 2.39. The molecule has 0 aromatic heterocycles. The second-order valence-corrected chi connectivity index (χ2v) is 3.49. The normalized spacial score (nSPS) is 45.5. The van der Waals surface area contributed by atoms with Crippen LogP contribution in [0.5, 0.6) is 0 Å². The fourth-order valence-electron chi connectivity index (χ4n) is 2.26. The van der Waals surface area contributed by atoms with Crippen LogP contribution in [0, 0.1) is 11.8 Å². The molecule has 2 rings (SSSR count). The summed E-state index contributed by atoms with van der Waals surface area (Å²) in [6.07, 6.45) is 9.17. The van der Waals surface area contributed by atoms with E-state index < -0.39 is 0 Å². The van der Waals surface area contributed by atoms with Crippen LogP contribution in [-0.4, -0.2) is 11.2 Å². The minimum Gasteiger partial charge on any atom is -0.393 e. The number of fused-ring (bicyclic) bond motifs is 1. The topological polar surface area (TPSA) is 20.2 Å². The van der Waals surface area contributed by atoms with E-state index in [-0.39, 0.29) is 6.10 Å². The molecule has 0 bridgehead atoms. The van der Waals surface area contributed by atoms with Gasteiger partial charge in [-0.3, -0.25) is 0 Å². The Morgan fingerprint density at radius 3 is 3.00 bits per heavy atom. The summed E-state index contributed by atoms with van der Waals surface area (Å²) in [5.74, 6) is 1.29. The van der Waals surface area contributed by atoms with Crippen molar-refractivity contribution < 1.29 is 5.11 Å². The lowest BCUT2D eigenvalue weighted by atomic mass is 9.79. The highest BCUT2D eigenvalue weighted by Crippen LogP contribution is 2.37. The van der Waals surface area contributed by atoms with Gasteiger partial charge >= 0.3 is 0 Å². The van der Waals surface area contributed by atoms with E-state index in [0.717, 1.165) is 12.8 Å². The molecule has 0 radical (unpaired) electrons. The van der Waals surface area contributed by atoms with E-state index in [1.807, 2.05) is 0 Å². The van der Waals surface area contributed by atoms with Gasteiger partial charge in [-0.05, 0) is 31.1 Å². The third kappa shape index (κ3) is 0.891. The maximum atomic E-state index is 9.54. The molecule has 0 heterocycles. The smallest absolute Gasteiger partial charge is 0.0577 e. The van der Waals surface area contributed by atoms with Gasteiger partial charge in [-0.1, -0.05) is 18.6 Å². The van der Waals surface area contributed by atoms with E-state index in [1.54, 1.807) is 0 Å². The average Bonchev–Trinajstić information content (AvgIpc) is 2.36. The molecule has 1 saturated carbocycles. The lowest BCUT2D eigenvalue weighted by molar-refractivity contribution is 0.0546. The molecule has 0 spiro atoms. The number of rotatable bonds is 0. The van der Waals surface area contributed by atoms with E-state index in [2.05, 4.69) is 12.2 Å². The molecule has 10 heavy (non-hydrogen) atoms. The van der Waals surface area contributed by atoms with E-state index in [4.69, 9.17) is 0 Å². The van der Waals surface area contributed by atoms with Crippen LogP contribution in [0.15, 0.2) is 12.2 Å². The number of hydrogen-bond donors (Lipinski definition) is 1. The zero-order chi connectivity index (χ0) is 6.97. The second-order valence-electron chi connectivity index (χ2n) is 3.49. The van der Waals surface area contributed by atoms with Gasteiger partial charge in [0.15, 0.2) is 0 Å². The van der Waals surface area contributed by atoms with Gasteiger partial charge in [-0.2, -0.15) is 0 Å². The van der Waals surface area contributed by atoms with Crippen molar-refractivity contribution in [2.75, 3.05) is 0 Å². The summed E-state index contributed by atoms with van der Waals surface area (Å²) in [6.45, 7) is 0. The maximum Gasteiger partial charge on any atom is 0.0577 e. The standard InChI is InChI=1S/C9H14O/c10-9-6-2-4-7-3-1-5-8(7)9/h1,3,7-10H,2,4-6H2. The van der Waals surface area contributed by atoms with E-state index >= 15 is 0 Å². The molecular formula is C9H14O. The first-order valence-electron chi connectivity index (χ1n) is 4.22. The third-order valence-corrected chi connectivity index (χ3v) is 2.87. The van der Waals surface area contributed by atoms with Gasteiger partial charge in [0.2, 0.25) is 0 Å². The van der Waals surface area contributed by atoms with Crippen LogP contribution in [0.25, 0.3) is 0 Å². The summed E-state index contributed by atoms with van der Waals surface area (Å²) in [7, 11) is 0. The van der Waals surface area contributed by atoms with Crippen LogP contribution in [0.1, 0.15) is 25.7 Å². The van der Waals surface area contributed by atoms with Crippen molar-refractivity contribution in [3.8, 4) is 0 Å². The zero-order valence-electron chi connectivity index (χ0n) is 6.16. The Labute approximate surface area is 61.8 Å². The fourth-order valence-corrected chi connectivity index (χ4v) is 2.26. The lowest BCUT2D eigenvalue weighted by Gasteiger charge is -2.29. The van der Waals surface area contributed by atoms with E-state index in [1.165, 1.54) is 12.8 Å². The molecule has 1 nitrogen and oxygen atoms in total. The molecule has 0 aromatic carbocycles. The van der Waals surface area contributed by atoms with Crippen LogP contribution in [-0.2, 0) is 0 Å². The predicted octanol–water partition coefficient (Wildman–Crippen LogP) is 1.72. The Morgan fingerprint density at radius 2 is 2.20 bits per heavy atom. The Balaban J connectivity index is 2.07. The first kappa shape index (κ1) is 6.41. The molecule has 1 N–H and O–H groups in total. The minimum atomic E-state index is -0.00579. The van der Waals surface area contributed by atoms with Crippen molar-refractivity contribution in [1.29, 1.82) is 0 Å². The Kier molecular flexibility index (Phi) is 1.53. The molecular weight excluding hydrogens is 124 g/mol. The number of allylic oxidation sites excluding steroid dienone is 2. The molecule has 0 aromatic rings. The molecule has 0 aliphatic heterocycles. The molecule has 0 amide bonds. The predicted molar refractivity (Wildman–Crippen MR) is 40.6 cm³/mol. The lowest BCUT2D eigenvalue weighted by Crippen LogP contribution is -2.28. The Morgan fingerprint density at radius 1 is 1.30 bits per heavy atom. The third-order valence-electron chi connectivity index (χ3n) is 2.87. The van der Waals surface area contributed by atoms with Crippen molar-refractivity contribution in [1.82, 2.24) is 0 Å². The monoisotopic (exact) mass is 138 g/mol. The summed E-state index contributed by atoms with van der Waals surface area (Å²) in [5.41, 5.74) is 0. The average molecular weight is 138 g/mol. The summed E-state index contributed by atoms with van der Waals surface area (Å²) in [6, 6.07) is 0. The summed E-state index contributed by atoms with van der Waals surface area (Å²) in [5, 5.41) is 9.54. The van der Waals surface area contributed by atoms with Gasteiger partial charge in [0.1, 0.15) is 0 Å². The highest BCUT2D eigenvalue weighted by Gasteiger charge is 2.32. The SMILES string of the molecule is OC1CCCC2C=CCC12. The van der Waals surface area contributed by atoms with Crippen molar-refractivity contribution in [2.45, 2.75) is 31.8 Å². The molecule has 2 aliphatic rings. The molecule has 1 fully saturated rings. The fraction of sp³-hybridized carbons (Fsp3) is 0.778. The summed E-state index contributed by atoms with van der Waals surface area (Å²) in [4.78, 5) is 0.